The third-order valence-electron chi connectivity index (χ3n) is 4.31. The summed E-state index contributed by atoms with van der Waals surface area (Å²) in [5.41, 5.74) is 0.840. The molecule has 3 N–H and O–H groups in total. The van der Waals surface area contributed by atoms with Gasteiger partial charge in [-0.15, -0.1) is 0 Å². The van der Waals surface area contributed by atoms with Crippen LogP contribution in [0.15, 0.2) is 54.9 Å². The highest BCUT2D eigenvalue weighted by molar-refractivity contribution is 5.93. The average Bonchev–Trinajstić information content (AvgIpc) is 3.24. The van der Waals surface area contributed by atoms with E-state index < -0.39 is 24.0 Å². The van der Waals surface area contributed by atoms with E-state index in [1.807, 2.05) is 36.4 Å². The van der Waals surface area contributed by atoms with Crippen LogP contribution in [0.2, 0.25) is 0 Å². The lowest BCUT2D eigenvalue weighted by Crippen LogP contribution is -2.43. The predicted molar refractivity (Wildman–Crippen MR) is 101 cm³/mol. The van der Waals surface area contributed by atoms with Crippen molar-refractivity contribution in [2.45, 2.75) is 31.3 Å². The van der Waals surface area contributed by atoms with Gasteiger partial charge in [-0.3, -0.25) is 9.59 Å². The quantitative estimate of drug-likeness (QED) is 0.552. The highest BCUT2D eigenvalue weighted by Gasteiger charge is 2.25. The van der Waals surface area contributed by atoms with Crippen LogP contribution in [0.4, 0.5) is 0 Å². The second-order valence-corrected chi connectivity index (χ2v) is 6.37. The molecule has 1 aromatic carbocycles. The minimum Gasteiger partial charge on any atom is -0.462 e. The number of hydrogen-bond donors (Lipinski definition) is 3. The number of allylic oxidation sites excluding steroid dienone is 1. The van der Waals surface area contributed by atoms with E-state index in [4.69, 9.17) is 4.74 Å². The number of nitrogens with one attached hydrogen (secondary N) is 3. The first kappa shape index (κ1) is 19.3. The minimum atomic E-state index is -0.847. The largest absolute Gasteiger partial charge is 0.462 e. The summed E-state index contributed by atoms with van der Waals surface area (Å²) in [6.45, 7) is -0.0224. The number of carbonyl (C=O) groups excluding carboxylic acids is 3. The molecule has 0 spiro atoms. The molecule has 1 unspecified atom stereocenters. The highest BCUT2D eigenvalue weighted by atomic mass is 16.5. The van der Waals surface area contributed by atoms with Crippen LogP contribution in [0.5, 0.6) is 0 Å². The van der Waals surface area contributed by atoms with Crippen LogP contribution in [0.3, 0.4) is 0 Å². The van der Waals surface area contributed by atoms with Crippen LogP contribution < -0.4 is 10.6 Å². The number of rotatable bonds is 3. The molecular formula is C20H22N4O4. The smallest absolute Gasteiger partial charge is 0.329 e. The van der Waals surface area contributed by atoms with Crippen LogP contribution in [0.1, 0.15) is 41.5 Å². The molecule has 146 valence electrons. The van der Waals surface area contributed by atoms with E-state index in [0.29, 0.717) is 12.8 Å². The Morgan fingerprint density at radius 1 is 1.18 bits per heavy atom. The summed E-state index contributed by atoms with van der Waals surface area (Å²) in [5.74, 6) is -1.05. The third kappa shape index (κ3) is 5.29. The highest BCUT2D eigenvalue weighted by Crippen LogP contribution is 2.15. The van der Waals surface area contributed by atoms with Gasteiger partial charge in [0.2, 0.25) is 5.91 Å². The van der Waals surface area contributed by atoms with E-state index in [0.717, 1.165) is 5.56 Å². The molecule has 2 heterocycles. The average molecular weight is 382 g/mol. The first-order valence-electron chi connectivity index (χ1n) is 9.09. The number of benzene rings is 1. The number of imidazole rings is 1. The van der Waals surface area contributed by atoms with Gasteiger partial charge in [0.25, 0.3) is 5.91 Å². The number of amides is 2. The zero-order valence-electron chi connectivity index (χ0n) is 15.3. The third-order valence-corrected chi connectivity index (χ3v) is 4.31. The van der Waals surface area contributed by atoms with E-state index in [1.54, 1.807) is 6.08 Å². The van der Waals surface area contributed by atoms with Crippen LogP contribution in [0, 0.1) is 0 Å². The second kappa shape index (κ2) is 9.50. The minimum absolute atomic E-state index is 0.0224. The van der Waals surface area contributed by atoms with Crippen molar-refractivity contribution in [2.75, 3.05) is 6.61 Å². The second-order valence-electron chi connectivity index (χ2n) is 6.37. The van der Waals surface area contributed by atoms with E-state index in [2.05, 4.69) is 20.6 Å². The van der Waals surface area contributed by atoms with Gasteiger partial charge in [-0.1, -0.05) is 42.5 Å². The summed E-state index contributed by atoms with van der Waals surface area (Å²) in [4.78, 5) is 43.5. The van der Waals surface area contributed by atoms with Gasteiger partial charge in [0.1, 0.15) is 12.6 Å². The molecule has 0 aliphatic carbocycles. The van der Waals surface area contributed by atoms with Crippen molar-refractivity contribution >= 4 is 17.8 Å². The molecule has 2 amide bonds. The molecule has 1 aromatic heterocycles. The molecule has 8 heteroatoms. The SMILES string of the molecule is O=C1CC/C=C/C[C@@H](NC(=O)c2ncc[nH]2)C(=O)OCC(c2ccccc2)N1. The molecular weight excluding hydrogens is 360 g/mol. The summed E-state index contributed by atoms with van der Waals surface area (Å²) < 4.78 is 5.43. The molecule has 28 heavy (non-hydrogen) atoms. The molecule has 0 saturated heterocycles. The first-order chi connectivity index (χ1) is 13.6. The number of carbonyl (C=O) groups is 3. The molecule has 2 aromatic rings. The fourth-order valence-corrected chi connectivity index (χ4v) is 2.83. The van der Waals surface area contributed by atoms with Crippen molar-refractivity contribution in [3.63, 3.8) is 0 Å². The Kier molecular flexibility index (Phi) is 6.56. The molecule has 0 bridgehead atoms. The molecule has 2 atom stereocenters. The molecule has 0 saturated carbocycles. The Labute approximate surface area is 162 Å². The van der Waals surface area contributed by atoms with Gasteiger partial charge in [0.15, 0.2) is 5.82 Å². The molecule has 8 nitrogen and oxygen atoms in total. The van der Waals surface area contributed by atoms with Crippen molar-refractivity contribution in [1.29, 1.82) is 0 Å². The van der Waals surface area contributed by atoms with Gasteiger partial charge >= 0.3 is 5.97 Å². The van der Waals surface area contributed by atoms with E-state index in [1.165, 1.54) is 12.4 Å². The van der Waals surface area contributed by atoms with Gasteiger partial charge in [0.05, 0.1) is 6.04 Å². The first-order valence-corrected chi connectivity index (χ1v) is 9.09. The van der Waals surface area contributed by atoms with Crippen molar-refractivity contribution in [1.82, 2.24) is 20.6 Å². The van der Waals surface area contributed by atoms with Gasteiger partial charge in [-0.25, -0.2) is 9.78 Å². The molecule has 1 aliphatic rings. The van der Waals surface area contributed by atoms with Gasteiger partial charge in [0, 0.05) is 18.8 Å². The van der Waals surface area contributed by atoms with Crippen LogP contribution in [0.25, 0.3) is 0 Å². The Hall–Kier alpha value is -3.42. The van der Waals surface area contributed by atoms with Gasteiger partial charge in [-0.2, -0.15) is 0 Å². The number of H-pyrrole nitrogens is 1. The number of aromatic amines is 1. The van der Waals surface area contributed by atoms with Crippen LogP contribution in [-0.2, 0) is 14.3 Å². The lowest BCUT2D eigenvalue weighted by atomic mass is 10.1. The Bertz CT molecular complexity index is 833. The summed E-state index contributed by atoms with van der Waals surface area (Å²) in [6.07, 6.45) is 7.71. The zero-order chi connectivity index (χ0) is 19.8. The van der Waals surface area contributed by atoms with Gasteiger partial charge in [-0.05, 0) is 18.4 Å². The number of ether oxygens (including phenoxy) is 1. The monoisotopic (exact) mass is 382 g/mol. The zero-order valence-corrected chi connectivity index (χ0v) is 15.3. The molecule has 0 fully saturated rings. The lowest BCUT2D eigenvalue weighted by Gasteiger charge is -2.22. The normalized spacial score (nSPS) is 22.1. The van der Waals surface area contributed by atoms with E-state index >= 15 is 0 Å². The van der Waals surface area contributed by atoms with E-state index in [9.17, 15) is 14.4 Å². The Morgan fingerprint density at radius 2 is 2.00 bits per heavy atom. The van der Waals surface area contributed by atoms with Crippen molar-refractivity contribution in [3.05, 3.63) is 66.3 Å². The Balaban J connectivity index is 1.73. The Morgan fingerprint density at radius 3 is 2.75 bits per heavy atom. The maximum Gasteiger partial charge on any atom is 0.329 e. The fourth-order valence-electron chi connectivity index (χ4n) is 2.83. The van der Waals surface area contributed by atoms with Crippen LogP contribution in [-0.4, -0.2) is 40.4 Å². The predicted octanol–water partition coefficient (Wildman–Crippen LogP) is 1.65. The number of esters is 1. The number of cyclic esters (lactones) is 1. The summed E-state index contributed by atoms with van der Waals surface area (Å²) >= 11 is 0. The van der Waals surface area contributed by atoms with Crippen molar-refractivity contribution in [3.8, 4) is 0 Å². The fraction of sp³-hybridized carbons (Fsp3) is 0.300. The number of hydrogen-bond acceptors (Lipinski definition) is 5. The molecule has 0 radical (unpaired) electrons. The number of aromatic nitrogens is 2. The van der Waals surface area contributed by atoms with Gasteiger partial charge < -0.3 is 20.4 Å². The van der Waals surface area contributed by atoms with E-state index in [-0.39, 0.29) is 24.8 Å². The summed E-state index contributed by atoms with van der Waals surface area (Å²) in [6, 6.07) is 8.00. The maximum atomic E-state index is 12.6. The maximum absolute atomic E-state index is 12.6. The molecule has 1 aliphatic heterocycles. The molecule has 3 rings (SSSR count). The number of nitrogens with zero attached hydrogens (tertiary/aromatic N) is 1. The summed E-state index contributed by atoms with van der Waals surface area (Å²) in [7, 11) is 0. The lowest BCUT2D eigenvalue weighted by molar-refractivity contribution is -0.147. The van der Waals surface area contributed by atoms with Crippen molar-refractivity contribution < 1.29 is 19.1 Å². The topological polar surface area (TPSA) is 113 Å². The standard InChI is InChI=1S/C20H22N4O4/c25-17-10-6-2-5-9-15(24-19(26)18-21-11-12-22-18)20(27)28-13-16(23-17)14-7-3-1-4-8-14/h1-5,7-8,11-12,15-16H,6,9-10,13H2,(H,21,22)(H,23,25)(H,24,26)/b5-2+/t15-,16?/m1/s1. The summed E-state index contributed by atoms with van der Waals surface area (Å²) in [5, 5.41) is 5.54. The van der Waals surface area contributed by atoms with Crippen LogP contribution >= 0.6 is 0 Å². The van der Waals surface area contributed by atoms with Crippen molar-refractivity contribution in [2.24, 2.45) is 0 Å².